The van der Waals surface area contributed by atoms with Crippen LogP contribution in [0.3, 0.4) is 0 Å². The number of nitrogens with zero attached hydrogens (tertiary/aromatic N) is 1. The Morgan fingerprint density at radius 3 is 2.83 bits per heavy atom. The van der Waals surface area contributed by atoms with Crippen molar-refractivity contribution in [2.24, 2.45) is 0 Å². The Labute approximate surface area is 109 Å². The molecule has 2 rings (SSSR count). The Balaban J connectivity index is 1.96. The van der Waals surface area contributed by atoms with Crippen LogP contribution in [0.25, 0.3) is 0 Å². The van der Waals surface area contributed by atoms with Gasteiger partial charge in [0.1, 0.15) is 5.60 Å². The third kappa shape index (κ3) is 3.36. The fourth-order valence-electron chi connectivity index (χ4n) is 2.56. The minimum atomic E-state index is -0.435. The number of hydrogen-bond acceptors (Lipinski definition) is 4. The van der Waals surface area contributed by atoms with Crippen molar-refractivity contribution in [2.45, 2.75) is 51.4 Å². The molecule has 2 heterocycles. The van der Waals surface area contributed by atoms with Crippen LogP contribution in [0.2, 0.25) is 0 Å². The number of ether oxygens (including phenoxy) is 2. The minimum absolute atomic E-state index is 0.105. The summed E-state index contributed by atoms with van der Waals surface area (Å²) < 4.78 is 11.2. The lowest BCUT2D eigenvalue weighted by atomic mass is 10.1. The Morgan fingerprint density at radius 2 is 2.22 bits per heavy atom. The second kappa shape index (κ2) is 5.45. The second-order valence-electron chi connectivity index (χ2n) is 6.00. The lowest BCUT2D eigenvalue weighted by Gasteiger charge is -2.35. The molecule has 2 atom stereocenters. The smallest absolute Gasteiger partial charge is 0.410 e. The quantitative estimate of drug-likeness (QED) is 0.770. The maximum absolute atomic E-state index is 12.1. The van der Waals surface area contributed by atoms with E-state index in [4.69, 9.17) is 9.47 Å². The molecule has 1 N–H and O–H groups in total. The van der Waals surface area contributed by atoms with Crippen molar-refractivity contribution < 1.29 is 14.3 Å². The molecule has 0 radical (unpaired) electrons. The molecule has 5 heteroatoms. The summed E-state index contributed by atoms with van der Waals surface area (Å²) in [6.07, 6.45) is 1.93. The first-order valence-corrected chi connectivity index (χ1v) is 6.79. The molecule has 2 aliphatic rings. The molecule has 2 aliphatic heterocycles. The molecule has 104 valence electrons. The van der Waals surface area contributed by atoms with Crippen LogP contribution in [0.1, 0.15) is 33.6 Å². The lowest BCUT2D eigenvalue weighted by Crippen LogP contribution is -2.52. The topological polar surface area (TPSA) is 50.8 Å². The maximum atomic E-state index is 12.1. The molecule has 1 amide bonds. The highest BCUT2D eigenvalue weighted by Gasteiger charge is 2.38. The van der Waals surface area contributed by atoms with Gasteiger partial charge in [-0.2, -0.15) is 0 Å². The van der Waals surface area contributed by atoms with Crippen molar-refractivity contribution in [3.8, 4) is 0 Å². The normalized spacial score (nSPS) is 29.4. The molecule has 2 unspecified atom stereocenters. The van der Waals surface area contributed by atoms with Gasteiger partial charge in [0.15, 0.2) is 0 Å². The number of carbonyl (C=O) groups is 1. The van der Waals surface area contributed by atoms with Gasteiger partial charge in [-0.15, -0.1) is 0 Å². The molecular formula is C13H24N2O3. The van der Waals surface area contributed by atoms with E-state index in [1.165, 1.54) is 0 Å². The molecule has 2 fully saturated rings. The van der Waals surface area contributed by atoms with Crippen molar-refractivity contribution in [3.05, 3.63) is 0 Å². The van der Waals surface area contributed by atoms with Gasteiger partial charge in [0.05, 0.1) is 18.8 Å². The second-order valence-corrected chi connectivity index (χ2v) is 6.00. The van der Waals surface area contributed by atoms with Crippen molar-refractivity contribution in [2.75, 3.05) is 26.2 Å². The standard InChI is InChI=1S/C13H24N2O3/c1-13(2,3)18-12(16)15-7-4-5-10(15)11-9-14-6-8-17-11/h10-11,14H,4-9H2,1-3H3. The minimum Gasteiger partial charge on any atom is -0.444 e. The predicted molar refractivity (Wildman–Crippen MR) is 68.6 cm³/mol. The summed E-state index contributed by atoms with van der Waals surface area (Å²) in [4.78, 5) is 14.0. The Morgan fingerprint density at radius 1 is 1.44 bits per heavy atom. The van der Waals surface area contributed by atoms with Gasteiger partial charge in [-0.1, -0.05) is 0 Å². The molecule has 18 heavy (non-hydrogen) atoms. The van der Waals surface area contributed by atoms with E-state index >= 15 is 0 Å². The van der Waals surface area contributed by atoms with E-state index in [1.54, 1.807) is 0 Å². The third-order valence-corrected chi connectivity index (χ3v) is 3.31. The fourth-order valence-corrected chi connectivity index (χ4v) is 2.56. The van der Waals surface area contributed by atoms with Crippen LogP contribution in [0, 0.1) is 0 Å². The van der Waals surface area contributed by atoms with Crippen molar-refractivity contribution in [1.82, 2.24) is 10.2 Å². The van der Waals surface area contributed by atoms with Crippen LogP contribution in [0.4, 0.5) is 4.79 Å². The Hall–Kier alpha value is -0.810. The zero-order valence-corrected chi connectivity index (χ0v) is 11.6. The molecule has 0 aromatic rings. The van der Waals surface area contributed by atoms with E-state index in [-0.39, 0.29) is 18.2 Å². The monoisotopic (exact) mass is 256 g/mol. The SMILES string of the molecule is CC(C)(C)OC(=O)N1CCCC1C1CNCCO1. The summed E-state index contributed by atoms with van der Waals surface area (Å²) in [5, 5.41) is 3.32. The molecule has 0 saturated carbocycles. The van der Waals surface area contributed by atoms with Crippen LogP contribution in [0.15, 0.2) is 0 Å². The first-order chi connectivity index (χ1) is 8.47. The Bertz CT molecular complexity index is 295. The largest absolute Gasteiger partial charge is 0.444 e. The highest BCUT2D eigenvalue weighted by molar-refractivity contribution is 5.69. The summed E-state index contributed by atoms with van der Waals surface area (Å²) in [6.45, 7) is 8.92. The van der Waals surface area contributed by atoms with Gasteiger partial charge >= 0.3 is 6.09 Å². The van der Waals surface area contributed by atoms with Gasteiger partial charge < -0.3 is 19.7 Å². The molecule has 2 saturated heterocycles. The zero-order valence-electron chi connectivity index (χ0n) is 11.6. The van der Waals surface area contributed by atoms with E-state index in [9.17, 15) is 4.79 Å². The van der Waals surface area contributed by atoms with Crippen LogP contribution in [-0.4, -0.2) is 55.0 Å². The number of rotatable bonds is 1. The van der Waals surface area contributed by atoms with Crippen LogP contribution in [-0.2, 0) is 9.47 Å². The molecule has 0 bridgehead atoms. The van der Waals surface area contributed by atoms with E-state index in [2.05, 4.69) is 5.32 Å². The summed E-state index contributed by atoms with van der Waals surface area (Å²) in [7, 11) is 0. The first-order valence-electron chi connectivity index (χ1n) is 6.79. The van der Waals surface area contributed by atoms with E-state index in [0.29, 0.717) is 0 Å². The van der Waals surface area contributed by atoms with E-state index in [0.717, 1.165) is 39.1 Å². The first kappa shape index (κ1) is 13.6. The molecule has 0 aliphatic carbocycles. The lowest BCUT2D eigenvalue weighted by molar-refractivity contribution is -0.0315. The maximum Gasteiger partial charge on any atom is 0.410 e. The average Bonchev–Trinajstić information content (AvgIpc) is 2.76. The van der Waals surface area contributed by atoms with Gasteiger partial charge in [-0.05, 0) is 33.6 Å². The number of nitrogens with one attached hydrogen (secondary N) is 1. The van der Waals surface area contributed by atoms with E-state index in [1.807, 2.05) is 25.7 Å². The number of morpholine rings is 1. The highest BCUT2D eigenvalue weighted by Crippen LogP contribution is 2.25. The van der Waals surface area contributed by atoms with Crippen LogP contribution in [0.5, 0.6) is 0 Å². The highest BCUT2D eigenvalue weighted by atomic mass is 16.6. The van der Waals surface area contributed by atoms with Crippen molar-refractivity contribution >= 4 is 6.09 Å². The summed E-state index contributed by atoms with van der Waals surface area (Å²) >= 11 is 0. The fraction of sp³-hybridized carbons (Fsp3) is 0.923. The average molecular weight is 256 g/mol. The van der Waals surface area contributed by atoms with E-state index < -0.39 is 5.60 Å². The number of carbonyl (C=O) groups excluding carboxylic acids is 1. The summed E-state index contributed by atoms with van der Waals surface area (Å²) in [5.74, 6) is 0. The van der Waals surface area contributed by atoms with Crippen molar-refractivity contribution in [1.29, 1.82) is 0 Å². The molecule has 0 aromatic heterocycles. The predicted octanol–water partition coefficient (Wildman–Crippen LogP) is 1.37. The molecule has 0 spiro atoms. The summed E-state index contributed by atoms with van der Waals surface area (Å²) in [5.41, 5.74) is -0.435. The Kier molecular flexibility index (Phi) is 4.12. The molecular weight excluding hydrogens is 232 g/mol. The van der Waals surface area contributed by atoms with Crippen LogP contribution < -0.4 is 5.32 Å². The van der Waals surface area contributed by atoms with Gasteiger partial charge in [-0.3, -0.25) is 0 Å². The van der Waals surface area contributed by atoms with Gasteiger partial charge in [0, 0.05) is 19.6 Å². The summed E-state index contributed by atoms with van der Waals surface area (Å²) in [6, 6.07) is 0.160. The molecule has 0 aromatic carbocycles. The van der Waals surface area contributed by atoms with Gasteiger partial charge in [0.25, 0.3) is 0 Å². The number of likely N-dealkylation sites (tertiary alicyclic amines) is 1. The molecule has 5 nitrogen and oxygen atoms in total. The van der Waals surface area contributed by atoms with Crippen LogP contribution >= 0.6 is 0 Å². The van der Waals surface area contributed by atoms with Crippen molar-refractivity contribution in [3.63, 3.8) is 0 Å². The number of amides is 1. The van der Waals surface area contributed by atoms with Gasteiger partial charge in [-0.25, -0.2) is 4.79 Å². The zero-order chi connectivity index (χ0) is 13.2. The van der Waals surface area contributed by atoms with Gasteiger partial charge in [0.2, 0.25) is 0 Å². The third-order valence-electron chi connectivity index (χ3n) is 3.31. The number of hydrogen-bond donors (Lipinski definition) is 1.